The van der Waals surface area contributed by atoms with Crippen LogP contribution in [0.4, 0.5) is 10.2 Å². The third-order valence-corrected chi connectivity index (χ3v) is 2.77. The van der Waals surface area contributed by atoms with E-state index in [0.29, 0.717) is 22.8 Å². The van der Waals surface area contributed by atoms with Crippen molar-refractivity contribution in [2.24, 2.45) is 0 Å². The second-order valence-corrected chi connectivity index (χ2v) is 4.10. The molecule has 6 heteroatoms. The molecule has 1 aromatic heterocycles. The Morgan fingerprint density at radius 2 is 2.24 bits per heavy atom. The Bertz CT molecular complexity index is 538. The van der Waals surface area contributed by atoms with Gasteiger partial charge in [0.2, 0.25) is 0 Å². The summed E-state index contributed by atoms with van der Waals surface area (Å²) in [5.74, 6) is 0.0699. The predicted molar refractivity (Wildman–Crippen MR) is 64.3 cm³/mol. The first-order valence-electron chi connectivity index (χ1n) is 5.23. The van der Waals surface area contributed by atoms with Crippen LogP contribution in [0, 0.1) is 5.82 Å². The van der Waals surface area contributed by atoms with Gasteiger partial charge < -0.3 is 5.73 Å². The van der Waals surface area contributed by atoms with Crippen molar-refractivity contribution in [3.05, 3.63) is 40.3 Å². The largest absolute Gasteiger partial charge is 0.381 e. The minimum Gasteiger partial charge on any atom is -0.381 e. The molecular formula is C11H12ClFN4. The van der Waals surface area contributed by atoms with Crippen LogP contribution in [0.5, 0.6) is 0 Å². The van der Waals surface area contributed by atoms with Crippen molar-refractivity contribution in [1.29, 1.82) is 0 Å². The molecular weight excluding hydrogens is 243 g/mol. The lowest BCUT2D eigenvalue weighted by atomic mass is 10.2. The van der Waals surface area contributed by atoms with Crippen LogP contribution in [0.3, 0.4) is 0 Å². The van der Waals surface area contributed by atoms with Crippen LogP contribution in [-0.4, -0.2) is 15.0 Å². The van der Waals surface area contributed by atoms with Gasteiger partial charge in [0.15, 0.2) is 5.82 Å². The highest BCUT2D eigenvalue weighted by Crippen LogP contribution is 2.17. The van der Waals surface area contributed by atoms with E-state index in [9.17, 15) is 4.39 Å². The van der Waals surface area contributed by atoms with Crippen molar-refractivity contribution >= 4 is 17.4 Å². The number of halogens is 2. The predicted octanol–water partition coefficient (Wildman–Crippen LogP) is 2.26. The van der Waals surface area contributed by atoms with E-state index in [1.807, 2.05) is 6.92 Å². The standard InChI is InChI=1S/C11H12ClFN4/c1-2-10-11(14)15-16-17(10)6-7-5-8(12)3-4-9(7)13/h3-5H,2,6,14H2,1H3. The Hall–Kier alpha value is -1.62. The molecule has 0 saturated carbocycles. The first-order valence-corrected chi connectivity index (χ1v) is 5.61. The second-order valence-electron chi connectivity index (χ2n) is 3.67. The van der Waals surface area contributed by atoms with Gasteiger partial charge >= 0.3 is 0 Å². The average Bonchev–Trinajstić information content (AvgIpc) is 2.64. The van der Waals surface area contributed by atoms with E-state index in [4.69, 9.17) is 17.3 Å². The van der Waals surface area contributed by atoms with Gasteiger partial charge in [0.25, 0.3) is 0 Å². The van der Waals surface area contributed by atoms with E-state index in [-0.39, 0.29) is 12.4 Å². The number of nitrogen functional groups attached to an aromatic ring is 1. The number of rotatable bonds is 3. The molecule has 0 saturated heterocycles. The number of nitrogens with zero attached hydrogens (tertiary/aromatic N) is 3. The van der Waals surface area contributed by atoms with E-state index in [0.717, 1.165) is 5.69 Å². The van der Waals surface area contributed by atoms with Crippen LogP contribution in [0.2, 0.25) is 5.02 Å². The molecule has 0 aliphatic heterocycles. The number of hydrogen-bond acceptors (Lipinski definition) is 3. The molecule has 0 atom stereocenters. The molecule has 0 aliphatic carbocycles. The second kappa shape index (κ2) is 4.71. The highest BCUT2D eigenvalue weighted by atomic mass is 35.5. The van der Waals surface area contributed by atoms with E-state index in [2.05, 4.69) is 10.3 Å². The van der Waals surface area contributed by atoms with E-state index in [1.54, 1.807) is 10.7 Å². The van der Waals surface area contributed by atoms with Crippen molar-refractivity contribution in [3.8, 4) is 0 Å². The van der Waals surface area contributed by atoms with Gasteiger partial charge in [0, 0.05) is 10.6 Å². The monoisotopic (exact) mass is 254 g/mol. The maximum absolute atomic E-state index is 13.5. The third kappa shape index (κ3) is 2.39. The number of benzene rings is 1. The molecule has 2 N–H and O–H groups in total. The fourth-order valence-corrected chi connectivity index (χ4v) is 1.86. The SMILES string of the molecule is CCc1c(N)nnn1Cc1cc(Cl)ccc1F. The van der Waals surface area contributed by atoms with Gasteiger partial charge in [0.1, 0.15) is 5.82 Å². The van der Waals surface area contributed by atoms with Crippen LogP contribution < -0.4 is 5.73 Å². The minimum atomic E-state index is -0.314. The molecule has 2 aromatic rings. The summed E-state index contributed by atoms with van der Waals surface area (Å²) in [7, 11) is 0. The fourth-order valence-electron chi connectivity index (χ4n) is 1.66. The molecule has 4 nitrogen and oxygen atoms in total. The summed E-state index contributed by atoms with van der Waals surface area (Å²) < 4.78 is 15.1. The molecule has 17 heavy (non-hydrogen) atoms. The van der Waals surface area contributed by atoms with Crippen molar-refractivity contribution in [2.45, 2.75) is 19.9 Å². The number of anilines is 1. The summed E-state index contributed by atoms with van der Waals surface area (Å²) in [6, 6.07) is 4.43. The van der Waals surface area contributed by atoms with Crippen LogP contribution in [0.15, 0.2) is 18.2 Å². The highest BCUT2D eigenvalue weighted by Gasteiger charge is 2.11. The molecule has 0 unspecified atom stereocenters. The zero-order chi connectivity index (χ0) is 12.4. The van der Waals surface area contributed by atoms with Crippen LogP contribution in [0.25, 0.3) is 0 Å². The van der Waals surface area contributed by atoms with Crippen molar-refractivity contribution in [3.63, 3.8) is 0 Å². The van der Waals surface area contributed by atoms with E-state index < -0.39 is 0 Å². The van der Waals surface area contributed by atoms with Gasteiger partial charge in [0.05, 0.1) is 12.2 Å². The van der Waals surface area contributed by atoms with Crippen LogP contribution in [0.1, 0.15) is 18.2 Å². The first-order chi connectivity index (χ1) is 8.11. The van der Waals surface area contributed by atoms with Gasteiger partial charge in [-0.2, -0.15) is 0 Å². The van der Waals surface area contributed by atoms with Crippen molar-refractivity contribution in [2.75, 3.05) is 5.73 Å². The van der Waals surface area contributed by atoms with E-state index >= 15 is 0 Å². The van der Waals surface area contributed by atoms with Crippen molar-refractivity contribution in [1.82, 2.24) is 15.0 Å². The molecule has 0 spiro atoms. The molecule has 90 valence electrons. The van der Waals surface area contributed by atoms with Crippen LogP contribution >= 0.6 is 11.6 Å². The number of aromatic nitrogens is 3. The van der Waals surface area contributed by atoms with Gasteiger partial charge in [-0.15, -0.1) is 5.10 Å². The summed E-state index contributed by atoms with van der Waals surface area (Å²) in [4.78, 5) is 0. The van der Waals surface area contributed by atoms with Gasteiger partial charge in [-0.1, -0.05) is 23.7 Å². The van der Waals surface area contributed by atoms with Crippen molar-refractivity contribution < 1.29 is 4.39 Å². The maximum Gasteiger partial charge on any atom is 0.169 e. The Morgan fingerprint density at radius 1 is 1.47 bits per heavy atom. The number of nitrogens with two attached hydrogens (primary N) is 1. The molecule has 0 aliphatic rings. The van der Waals surface area contributed by atoms with Gasteiger partial charge in [-0.3, -0.25) is 0 Å². The normalized spacial score (nSPS) is 10.8. The van der Waals surface area contributed by atoms with Crippen LogP contribution in [-0.2, 0) is 13.0 Å². The summed E-state index contributed by atoms with van der Waals surface area (Å²) >= 11 is 5.83. The fraction of sp³-hybridized carbons (Fsp3) is 0.273. The quantitative estimate of drug-likeness (QED) is 0.914. The molecule has 0 radical (unpaired) electrons. The molecule has 2 rings (SSSR count). The minimum absolute atomic E-state index is 0.278. The summed E-state index contributed by atoms with van der Waals surface area (Å²) in [5, 5.41) is 8.15. The maximum atomic E-state index is 13.5. The Kier molecular flexibility index (Phi) is 3.28. The molecule has 0 amide bonds. The lowest BCUT2D eigenvalue weighted by Crippen LogP contribution is -2.08. The third-order valence-electron chi connectivity index (χ3n) is 2.53. The first kappa shape index (κ1) is 11.9. The highest BCUT2D eigenvalue weighted by molar-refractivity contribution is 6.30. The Labute approximate surface area is 103 Å². The van der Waals surface area contributed by atoms with Gasteiger partial charge in [-0.05, 0) is 24.6 Å². The Balaban J connectivity index is 2.34. The van der Waals surface area contributed by atoms with E-state index in [1.165, 1.54) is 12.1 Å². The number of hydrogen-bond donors (Lipinski definition) is 1. The Morgan fingerprint density at radius 3 is 2.94 bits per heavy atom. The van der Waals surface area contributed by atoms with Gasteiger partial charge in [-0.25, -0.2) is 9.07 Å². The molecule has 0 fully saturated rings. The topological polar surface area (TPSA) is 56.7 Å². The lowest BCUT2D eigenvalue weighted by molar-refractivity contribution is 0.567. The molecule has 0 bridgehead atoms. The lowest BCUT2D eigenvalue weighted by Gasteiger charge is -2.06. The zero-order valence-electron chi connectivity index (χ0n) is 9.32. The average molecular weight is 255 g/mol. The smallest absolute Gasteiger partial charge is 0.169 e. The summed E-state index contributed by atoms with van der Waals surface area (Å²) in [6.45, 7) is 2.22. The molecule has 1 aromatic carbocycles. The summed E-state index contributed by atoms with van der Waals surface area (Å²) in [5.41, 5.74) is 6.92. The zero-order valence-corrected chi connectivity index (χ0v) is 10.1. The molecule has 1 heterocycles. The summed E-state index contributed by atoms with van der Waals surface area (Å²) in [6.07, 6.45) is 0.695.